The van der Waals surface area contributed by atoms with Crippen LogP contribution in [0.4, 0.5) is 0 Å². The molecule has 3 N–H and O–H groups in total. The zero-order valence-electron chi connectivity index (χ0n) is 6.99. The van der Waals surface area contributed by atoms with Crippen LogP contribution in [0.15, 0.2) is 32.7 Å². The maximum Gasteiger partial charge on any atom is 0.171 e. The van der Waals surface area contributed by atoms with Crippen molar-refractivity contribution in [3.05, 3.63) is 28.2 Å². The van der Waals surface area contributed by atoms with Gasteiger partial charge >= 0.3 is 0 Å². The number of amidine groups is 1. The number of hydrogen-bond donors (Lipinski definition) is 2. The molecule has 0 saturated heterocycles. The van der Waals surface area contributed by atoms with Crippen molar-refractivity contribution in [2.75, 3.05) is 6.26 Å². The molecule has 1 aromatic rings. The molecule has 0 aromatic heterocycles. The van der Waals surface area contributed by atoms with Gasteiger partial charge in [0, 0.05) is 14.9 Å². The van der Waals surface area contributed by atoms with Gasteiger partial charge in [0.2, 0.25) is 0 Å². The van der Waals surface area contributed by atoms with Crippen LogP contribution >= 0.6 is 27.7 Å². The van der Waals surface area contributed by atoms with Gasteiger partial charge in [-0.25, -0.2) is 0 Å². The second-order valence-electron chi connectivity index (χ2n) is 2.33. The molecule has 0 radical (unpaired) electrons. The molecule has 0 heterocycles. The van der Waals surface area contributed by atoms with Crippen LogP contribution in [0.5, 0.6) is 0 Å². The van der Waals surface area contributed by atoms with E-state index in [2.05, 4.69) is 21.1 Å². The first-order valence-corrected chi connectivity index (χ1v) is 5.52. The van der Waals surface area contributed by atoms with E-state index in [0.29, 0.717) is 5.56 Å². The minimum atomic E-state index is 0.111. The maximum atomic E-state index is 8.48. The van der Waals surface area contributed by atoms with Crippen LogP contribution in [0.25, 0.3) is 0 Å². The summed E-state index contributed by atoms with van der Waals surface area (Å²) in [4.78, 5) is 1.13. The Morgan fingerprint density at radius 2 is 2.31 bits per heavy atom. The van der Waals surface area contributed by atoms with Crippen LogP contribution in [0, 0.1) is 0 Å². The summed E-state index contributed by atoms with van der Waals surface area (Å²) in [5.74, 6) is 0.111. The Bertz CT molecular complexity index is 341. The lowest BCUT2D eigenvalue weighted by atomic mass is 10.2. The summed E-state index contributed by atoms with van der Waals surface area (Å²) in [6.07, 6.45) is 1.99. The van der Waals surface area contributed by atoms with Crippen molar-refractivity contribution >= 4 is 33.5 Å². The molecule has 3 nitrogen and oxygen atoms in total. The number of rotatable bonds is 2. The molecular formula is C8H9BrN2OS. The largest absolute Gasteiger partial charge is 0.409 e. The van der Waals surface area contributed by atoms with E-state index in [9.17, 15) is 0 Å². The van der Waals surface area contributed by atoms with E-state index >= 15 is 0 Å². The number of thioether (sulfide) groups is 1. The predicted molar refractivity (Wildman–Crippen MR) is 58.4 cm³/mol. The first-order chi connectivity index (χ1) is 6.19. The number of halogens is 1. The summed E-state index contributed by atoms with van der Waals surface area (Å²) in [7, 11) is 0. The monoisotopic (exact) mass is 260 g/mol. The van der Waals surface area contributed by atoms with Crippen LogP contribution in [-0.2, 0) is 0 Å². The number of nitrogens with two attached hydrogens (primary N) is 1. The van der Waals surface area contributed by atoms with Crippen LogP contribution in [0.2, 0.25) is 0 Å². The molecule has 0 bridgehead atoms. The number of oxime groups is 1. The fourth-order valence-electron chi connectivity index (χ4n) is 0.884. The highest BCUT2D eigenvalue weighted by Gasteiger charge is 2.04. The maximum absolute atomic E-state index is 8.48. The third kappa shape index (κ3) is 2.38. The van der Waals surface area contributed by atoms with Crippen molar-refractivity contribution in [1.29, 1.82) is 0 Å². The average Bonchev–Trinajstić information content (AvgIpc) is 2.16. The van der Waals surface area contributed by atoms with Gasteiger partial charge in [-0.05, 0) is 40.4 Å². The lowest BCUT2D eigenvalue weighted by molar-refractivity contribution is 0.318. The Balaban J connectivity index is 3.12. The second-order valence-corrected chi connectivity index (χ2v) is 4.07. The molecule has 70 valence electrons. The SMILES string of the molecule is CSc1ccc(/C(N)=N/O)c(Br)c1. The number of hydrogen-bond acceptors (Lipinski definition) is 3. The molecule has 1 aromatic carbocycles. The Morgan fingerprint density at radius 1 is 1.62 bits per heavy atom. The van der Waals surface area contributed by atoms with Crippen molar-refractivity contribution in [2.45, 2.75) is 4.90 Å². The van der Waals surface area contributed by atoms with Gasteiger partial charge in [-0.15, -0.1) is 11.8 Å². The van der Waals surface area contributed by atoms with E-state index < -0.39 is 0 Å². The van der Waals surface area contributed by atoms with Gasteiger partial charge in [-0.2, -0.15) is 0 Å². The normalized spacial score (nSPS) is 11.7. The Labute approximate surface area is 89.1 Å². The third-order valence-electron chi connectivity index (χ3n) is 1.56. The molecule has 0 atom stereocenters. The summed E-state index contributed by atoms with van der Waals surface area (Å²) in [5, 5.41) is 11.4. The van der Waals surface area contributed by atoms with E-state index in [0.717, 1.165) is 9.37 Å². The van der Waals surface area contributed by atoms with Crippen molar-refractivity contribution in [3.8, 4) is 0 Å². The molecule has 1 rings (SSSR count). The fourth-order valence-corrected chi connectivity index (χ4v) is 2.06. The average molecular weight is 261 g/mol. The van der Waals surface area contributed by atoms with E-state index in [-0.39, 0.29) is 5.84 Å². The van der Waals surface area contributed by atoms with E-state index in [1.54, 1.807) is 11.8 Å². The van der Waals surface area contributed by atoms with Gasteiger partial charge in [0.05, 0.1) is 0 Å². The highest BCUT2D eigenvalue weighted by Crippen LogP contribution is 2.23. The van der Waals surface area contributed by atoms with Gasteiger partial charge in [-0.1, -0.05) is 5.16 Å². The second kappa shape index (κ2) is 4.53. The van der Waals surface area contributed by atoms with Crippen molar-refractivity contribution in [1.82, 2.24) is 0 Å². The summed E-state index contributed by atoms with van der Waals surface area (Å²) >= 11 is 4.98. The zero-order valence-corrected chi connectivity index (χ0v) is 9.39. The highest BCUT2D eigenvalue weighted by atomic mass is 79.9. The molecule has 0 spiro atoms. The molecule has 0 fully saturated rings. The van der Waals surface area contributed by atoms with Crippen LogP contribution < -0.4 is 5.73 Å². The molecule has 0 aliphatic heterocycles. The van der Waals surface area contributed by atoms with E-state index in [1.807, 2.05) is 24.5 Å². The minimum absolute atomic E-state index is 0.111. The fraction of sp³-hybridized carbons (Fsp3) is 0.125. The van der Waals surface area contributed by atoms with Gasteiger partial charge in [-0.3, -0.25) is 0 Å². The van der Waals surface area contributed by atoms with Crippen LogP contribution in [0.1, 0.15) is 5.56 Å². The Morgan fingerprint density at radius 3 is 2.77 bits per heavy atom. The first kappa shape index (κ1) is 10.4. The van der Waals surface area contributed by atoms with Crippen molar-refractivity contribution < 1.29 is 5.21 Å². The molecular weight excluding hydrogens is 252 g/mol. The molecule has 5 heteroatoms. The summed E-state index contributed by atoms with van der Waals surface area (Å²) in [6.45, 7) is 0. The van der Waals surface area contributed by atoms with Gasteiger partial charge in [0.15, 0.2) is 5.84 Å². The quantitative estimate of drug-likeness (QED) is 0.282. The van der Waals surface area contributed by atoms with Gasteiger partial charge in [0.1, 0.15) is 0 Å². The lowest BCUT2D eigenvalue weighted by Crippen LogP contribution is -2.13. The van der Waals surface area contributed by atoms with E-state index in [1.165, 1.54) is 0 Å². The topological polar surface area (TPSA) is 58.6 Å². The standard InChI is InChI=1S/C8H9BrN2OS/c1-13-5-2-3-6(7(9)4-5)8(10)11-12/h2-4,12H,1H3,(H2,10,11). The predicted octanol–water partition coefficient (Wildman–Crippen LogP) is 2.27. The highest BCUT2D eigenvalue weighted by molar-refractivity contribution is 9.10. The van der Waals surface area contributed by atoms with Crippen LogP contribution in [0.3, 0.4) is 0 Å². The first-order valence-electron chi connectivity index (χ1n) is 3.50. The molecule has 0 unspecified atom stereocenters. The van der Waals surface area contributed by atoms with Gasteiger partial charge in [0.25, 0.3) is 0 Å². The number of nitrogens with zero attached hydrogens (tertiary/aromatic N) is 1. The lowest BCUT2D eigenvalue weighted by Gasteiger charge is -2.03. The third-order valence-corrected chi connectivity index (χ3v) is 2.94. The van der Waals surface area contributed by atoms with Crippen molar-refractivity contribution in [2.24, 2.45) is 10.9 Å². The van der Waals surface area contributed by atoms with Crippen LogP contribution in [-0.4, -0.2) is 17.3 Å². The van der Waals surface area contributed by atoms with E-state index in [4.69, 9.17) is 10.9 Å². The molecule has 0 aliphatic rings. The molecule has 0 amide bonds. The molecule has 13 heavy (non-hydrogen) atoms. The summed E-state index contributed by atoms with van der Waals surface area (Å²) < 4.78 is 0.828. The van der Waals surface area contributed by atoms with Gasteiger partial charge < -0.3 is 10.9 Å². The molecule has 0 aliphatic carbocycles. The zero-order chi connectivity index (χ0) is 9.84. The number of benzene rings is 1. The minimum Gasteiger partial charge on any atom is -0.409 e. The Hall–Kier alpha value is -0.680. The summed E-state index contributed by atoms with van der Waals surface area (Å²) in [6, 6.07) is 5.66. The summed E-state index contributed by atoms with van der Waals surface area (Å²) in [5.41, 5.74) is 6.14. The van der Waals surface area contributed by atoms with Crippen molar-refractivity contribution in [3.63, 3.8) is 0 Å². The Kier molecular flexibility index (Phi) is 3.62. The smallest absolute Gasteiger partial charge is 0.171 e. The molecule has 0 saturated carbocycles.